The molecule has 0 N–H and O–H groups in total. The van der Waals surface area contributed by atoms with Crippen molar-refractivity contribution in [1.29, 1.82) is 5.26 Å². The Hall–Kier alpha value is -4.64. The third-order valence-electron chi connectivity index (χ3n) is 9.24. The fourth-order valence-corrected chi connectivity index (χ4v) is 11.3. The number of unbranched alkanes of at least 4 members (excludes halogenated alkanes) is 3. The number of benzene rings is 1. The van der Waals surface area contributed by atoms with Gasteiger partial charge in [-0.25, -0.2) is 24.4 Å². The molecular weight excluding hydrogens is 867 g/mol. The Labute approximate surface area is 372 Å². The molecule has 61 heavy (non-hydrogen) atoms. The molecule has 1 atom stereocenters. The first-order valence-corrected chi connectivity index (χ1v) is 23.3. The van der Waals surface area contributed by atoms with Crippen LogP contribution < -0.4 is 9.47 Å². The maximum Gasteiger partial charge on any atom is 0.350 e. The summed E-state index contributed by atoms with van der Waals surface area (Å²) in [6.07, 6.45) is 7.56. The Kier molecular flexibility index (Phi) is 19.4. The molecule has 15 nitrogen and oxygen atoms in total. The zero-order valence-electron chi connectivity index (χ0n) is 34.6. The molecule has 1 saturated heterocycles. The largest absolute Gasteiger partial charge is 0.462 e. The minimum atomic E-state index is -0.854. The molecule has 2 amide bonds. The highest BCUT2D eigenvalue weighted by Crippen LogP contribution is 2.68. The fourth-order valence-electron chi connectivity index (χ4n) is 5.85. The fraction of sp³-hybridized carbons (Fsp3) is 0.476. The second kappa shape index (κ2) is 24.1. The van der Waals surface area contributed by atoms with Gasteiger partial charge < -0.3 is 23.7 Å². The first kappa shape index (κ1) is 49.0. The zero-order valence-corrected chi connectivity index (χ0v) is 37.9. The van der Waals surface area contributed by atoms with Crippen molar-refractivity contribution < 1.29 is 57.2 Å². The summed E-state index contributed by atoms with van der Waals surface area (Å²) < 4.78 is 28.0. The summed E-state index contributed by atoms with van der Waals surface area (Å²) in [5.41, 5.74) is -0.413. The SMILES string of the molecule is C=CC(=O)OCCC(=O)Oc1c2c(c(OC(=O)CCOC(=O)C=C)c3c1SC(=C1C(=O)N(CCCC)N(CCCC)C1=O)S3)SC(=C(C#N)C(=O)OCC(CC)CCCC)S2. The van der Waals surface area contributed by atoms with Gasteiger partial charge in [0.2, 0.25) is 0 Å². The van der Waals surface area contributed by atoms with Crippen molar-refractivity contribution in [3.8, 4) is 17.6 Å². The average molecular weight is 916 g/mol. The van der Waals surface area contributed by atoms with Crippen molar-refractivity contribution in [1.82, 2.24) is 10.0 Å². The van der Waals surface area contributed by atoms with E-state index in [9.17, 15) is 38.8 Å². The van der Waals surface area contributed by atoms with Gasteiger partial charge in [-0.2, -0.15) is 5.26 Å². The number of nitrogens with zero attached hydrogens (tertiary/aromatic N) is 3. The molecule has 1 unspecified atom stereocenters. The second-order valence-corrected chi connectivity index (χ2v) is 18.2. The van der Waals surface area contributed by atoms with Gasteiger partial charge in [0.15, 0.2) is 17.1 Å². The van der Waals surface area contributed by atoms with E-state index in [4.69, 9.17) is 23.7 Å². The van der Waals surface area contributed by atoms with E-state index in [1.54, 1.807) is 0 Å². The van der Waals surface area contributed by atoms with Gasteiger partial charge in [0.25, 0.3) is 11.8 Å². The molecule has 0 saturated carbocycles. The number of fused-ring (bicyclic) bond motifs is 2. The van der Waals surface area contributed by atoms with Crippen molar-refractivity contribution in [3.05, 3.63) is 44.9 Å². The smallest absolute Gasteiger partial charge is 0.350 e. The number of hydrogen-bond acceptors (Lipinski definition) is 17. The highest BCUT2D eigenvalue weighted by molar-refractivity contribution is 8.26. The van der Waals surface area contributed by atoms with E-state index in [2.05, 4.69) is 20.1 Å². The number of hydrazine groups is 1. The predicted molar refractivity (Wildman–Crippen MR) is 230 cm³/mol. The van der Waals surface area contributed by atoms with Crippen LogP contribution >= 0.6 is 47.0 Å². The van der Waals surface area contributed by atoms with E-state index in [0.717, 1.165) is 97.7 Å². The molecule has 0 aliphatic carbocycles. The van der Waals surface area contributed by atoms with Crippen LogP contribution in [0.2, 0.25) is 0 Å². The quantitative estimate of drug-likeness (QED) is 0.0255. The number of esters is 5. The molecule has 3 heterocycles. The summed E-state index contributed by atoms with van der Waals surface area (Å²) in [5, 5.41) is 13.2. The van der Waals surface area contributed by atoms with Crippen molar-refractivity contribution in [2.75, 3.05) is 32.9 Å². The standard InChI is InChI=1S/C42H49N3O12S4/c1-7-13-16-25(10-4)24-55-40(52)26(23-43)41-58-34-32(56-29(48)17-21-53-27(46)11-5)36-37(33(35(34)59-41)57-30(49)18-22-54-28(47)12-6)61-42(60-36)31-38(50)44(19-14-8-2)45(39(31)51)20-15-9-3/h11-12,25H,5-10,13-22,24H2,1-4H3. The summed E-state index contributed by atoms with van der Waals surface area (Å²) in [4.78, 5) is 92.7. The van der Waals surface area contributed by atoms with Gasteiger partial charge in [-0.1, -0.05) is 120 Å². The molecule has 19 heteroatoms. The summed E-state index contributed by atoms with van der Waals surface area (Å²) >= 11 is 3.79. The van der Waals surface area contributed by atoms with Crippen LogP contribution in [0.25, 0.3) is 0 Å². The molecule has 0 spiro atoms. The Balaban J connectivity index is 1.86. The molecule has 1 fully saturated rings. The van der Waals surface area contributed by atoms with Crippen LogP contribution in [-0.4, -0.2) is 84.6 Å². The molecule has 0 bridgehead atoms. The number of nitriles is 1. The lowest BCUT2D eigenvalue weighted by Gasteiger charge is -2.27. The molecular formula is C42H49N3O12S4. The van der Waals surface area contributed by atoms with Gasteiger partial charge in [0.05, 0.1) is 47.5 Å². The van der Waals surface area contributed by atoms with Crippen molar-refractivity contribution in [3.63, 3.8) is 0 Å². The average Bonchev–Trinajstić information content (AvgIpc) is 3.94. The zero-order chi connectivity index (χ0) is 44.6. The Bertz CT molecular complexity index is 1930. The number of amides is 2. The van der Waals surface area contributed by atoms with Crippen LogP contribution in [-0.2, 0) is 47.8 Å². The van der Waals surface area contributed by atoms with Gasteiger partial charge in [-0.15, -0.1) is 0 Å². The maximum absolute atomic E-state index is 14.1. The molecule has 0 aromatic heterocycles. The van der Waals surface area contributed by atoms with E-state index >= 15 is 0 Å². The Morgan fingerprint density at radius 2 is 1.16 bits per heavy atom. The number of carbonyl (C=O) groups excluding carboxylic acids is 7. The van der Waals surface area contributed by atoms with Crippen LogP contribution in [0, 0.1) is 17.2 Å². The number of rotatable bonds is 23. The summed E-state index contributed by atoms with van der Waals surface area (Å²) in [7, 11) is 0. The number of carbonyl (C=O) groups is 7. The third kappa shape index (κ3) is 12.5. The molecule has 3 aliphatic heterocycles. The van der Waals surface area contributed by atoms with Crippen LogP contribution in [0.1, 0.15) is 91.9 Å². The van der Waals surface area contributed by atoms with E-state index < -0.39 is 41.7 Å². The van der Waals surface area contributed by atoms with Crippen LogP contribution in [0.3, 0.4) is 0 Å². The maximum atomic E-state index is 14.1. The van der Waals surface area contributed by atoms with E-state index in [1.165, 1.54) is 10.0 Å². The summed E-state index contributed by atoms with van der Waals surface area (Å²) in [6.45, 7) is 14.8. The lowest BCUT2D eigenvalue weighted by Crippen LogP contribution is -2.42. The van der Waals surface area contributed by atoms with E-state index in [1.807, 2.05) is 26.8 Å². The van der Waals surface area contributed by atoms with Crippen molar-refractivity contribution in [2.24, 2.45) is 5.92 Å². The third-order valence-corrected chi connectivity index (χ3v) is 14.4. The molecule has 3 aliphatic rings. The Morgan fingerprint density at radius 1 is 0.705 bits per heavy atom. The van der Waals surface area contributed by atoms with Crippen molar-refractivity contribution >= 4 is 88.7 Å². The predicted octanol–water partition coefficient (Wildman–Crippen LogP) is 8.02. The molecule has 328 valence electrons. The van der Waals surface area contributed by atoms with Gasteiger partial charge in [-0.05, 0) is 25.2 Å². The monoisotopic (exact) mass is 915 g/mol. The van der Waals surface area contributed by atoms with Crippen LogP contribution in [0.4, 0.5) is 0 Å². The number of thioether (sulfide) groups is 4. The van der Waals surface area contributed by atoms with Gasteiger partial charge >= 0.3 is 29.8 Å². The van der Waals surface area contributed by atoms with Crippen molar-refractivity contribution in [2.45, 2.75) is 111 Å². The lowest BCUT2D eigenvalue weighted by molar-refractivity contribution is -0.147. The number of hydrogen-bond donors (Lipinski definition) is 0. The molecule has 1 aromatic carbocycles. The topological polar surface area (TPSA) is 196 Å². The molecule has 0 radical (unpaired) electrons. The Morgan fingerprint density at radius 3 is 1.57 bits per heavy atom. The molecule has 4 rings (SSSR count). The highest BCUT2D eigenvalue weighted by atomic mass is 32.2. The van der Waals surface area contributed by atoms with Crippen LogP contribution in [0.15, 0.2) is 64.5 Å². The van der Waals surface area contributed by atoms with Gasteiger partial charge in [0.1, 0.15) is 24.9 Å². The normalized spacial score (nSPS) is 14.6. The lowest BCUT2D eigenvalue weighted by atomic mass is 10.0. The minimum Gasteiger partial charge on any atom is -0.462 e. The van der Waals surface area contributed by atoms with Gasteiger partial charge in [0, 0.05) is 25.2 Å². The first-order chi connectivity index (χ1) is 29.4. The highest BCUT2D eigenvalue weighted by Gasteiger charge is 2.46. The van der Waals surface area contributed by atoms with E-state index in [0.29, 0.717) is 25.9 Å². The van der Waals surface area contributed by atoms with Crippen LogP contribution in [0.5, 0.6) is 11.5 Å². The second-order valence-electron chi connectivity index (χ2n) is 13.6. The first-order valence-electron chi connectivity index (χ1n) is 20.0. The summed E-state index contributed by atoms with van der Waals surface area (Å²) in [5.74, 6) is -5.00. The molecule has 1 aromatic rings. The number of ether oxygens (including phenoxy) is 5. The summed E-state index contributed by atoms with van der Waals surface area (Å²) in [6, 6.07) is 1.95. The minimum absolute atomic E-state index is 0.0507. The van der Waals surface area contributed by atoms with Gasteiger partial charge in [-0.3, -0.25) is 19.2 Å². The van der Waals surface area contributed by atoms with E-state index in [-0.39, 0.29) is 89.3 Å².